The fourth-order valence-electron chi connectivity index (χ4n) is 3.24. The summed E-state index contributed by atoms with van der Waals surface area (Å²) in [4.78, 5) is 0. The standard InChI is InChI=1S/C10H12O2.C10H8.C9H12.C4H10.4C2H6.2CH4/c1-7(2)8-3-4-9-10(5-8)12-6-11-9;1-2-6-10-8-4-3-7-9(10)5-1;1-8(2)9-6-4-3-5-7-9;1-4(2)3;4*1-2;;/h3-5,7H,6H2,1-2H3;1-8H;3-8H,1-2H3;4H,1-3H3;4*1-2H3;2*1H4. The lowest BCUT2D eigenvalue weighted by Crippen LogP contribution is -1.93. The highest BCUT2D eigenvalue weighted by atomic mass is 16.7. The van der Waals surface area contributed by atoms with Crippen LogP contribution in [0.15, 0.2) is 97.1 Å². The van der Waals surface area contributed by atoms with E-state index in [0.29, 0.717) is 18.6 Å². The number of benzene rings is 4. The third-order valence-electron chi connectivity index (χ3n) is 5.19. The Morgan fingerprint density at radius 2 is 0.756 bits per heavy atom. The molecule has 0 bridgehead atoms. The number of hydrogen-bond acceptors (Lipinski definition) is 2. The zero-order chi connectivity index (χ0) is 33.6. The lowest BCUT2D eigenvalue weighted by molar-refractivity contribution is 0.174. The second-order valence-corrected chi connectivity index (χ2v) is 9.91. The Balaban J connectivity index is -0.000000150. The summed E-state index contributed by atoms with van der Waals surface area (Å²) in [6.45, 7) is 31.6. The molecule has 0 amide bonds. The largest absolute Gasteiger partial charge is 0.454 e. The summed E-state index contributed by atoms with van der Waals surface area (Å²) < 4.78 is 10.5. The molecule has 2 heteroatoms. The van der Waals surface area contributed by atoms with Crippen LogP contribution in [0.1, 0.15) is 142 Å². The molecule has 4 aromatic carbocycles. The number of rotatable bonds is 2. The molecular weight excluding hydrogens is 548 g/mol. The van der Waals surface area contributed by atoms with Crippen molar-refractivity contribution in [3.8, 4) is 11.5 Å². The summed E-state index contributed by atoms with van der Waals surface area (Å²) in [6, 6.07) is 33.3. The third kappa shape index (κ3) is 24.7. The molecule has 2 nitrogen and oxygen atoms in total. The normalized spacial score (nSPS) is 9.29. The molecule has 0 N–H and O–H groups in total. The van der Waals surface area contributed by atoms with Crippen LogP contribution in [0.3, 0.4) is 0 Å². The first-order valence-electron chi connectivity index (χ1n) is 16.7. The average molecular weight is 623 g/mol. The van der Waals surface area contributed by atoms with E-state index in [1.54, 1.807) is 0 Å². The van der Waals surface area contributed by atoms with E-state index in [-0.39, 0.29) is 14.9 Å². The SMILES string of the molecule is C.C.CC.CC.CC.CC.CC(C)C.CC(C)c1ccc2c(c1)OCO2.CC(C)c1ccccc1.c1ccc2ccccc2c1. The maximum absolute atomic E-state index is 5.27. The lowest BCUT2D eigenvalue weighted by Gasteiger charge is -2.05. The fourth-order valence-corrected chi connectivity index (χ4v) is 3.24. The van der Waals surface area contributed by atoms with Gasteiger partial charge in [0.25, 0.3) is 0 Å². The Hall–Kier alpha value is -3.26. The van der Waals surface area contributed by atoms with E-state index in [0.717, 1.165) is 17.4 Å². The highest BCUT2D eigenvalue weighted by Crippen LogP contribution is 2.34. The summed E-state index contributed by atoms with van der Waals surface area (Å²) in [6.07, 6.45) is 0. The third-order valence-corrected chi connectivity index (χ3v) is 5.19. The van der Waals surface area contributed by atoms with Gasteiger partial charge in [-0.2, -0.15) is 0 Å². The van der Waals surface area contributed by atoms with Crippen LogP contribution < -0.4 is 9.47 Å². The van der Waals surface area contributed by atoms with E-state index in [1.807, 2.05) is 73.6 Å². The van der Waals surface area contributed by atoms with Crippen LogP contribution in [0.25, 0.3) is 10.8 Å². The van der Waals surface area contributed by atoms with E-state index in [2.05, 4.69) is 127 Å². The van der Waals surface area contributed by atoms with Gasteiger partial charge in [0, 0.05) is 0 Å². The first-order chi connectivity index (χ1) is 20.8. The summed E-state index contributed by atoms with van der Waals surface area (Å²) in [7, 11) is 0. The molecule has 0 saturated heterocycles. The molecule has 0 atom stereocenters. The molecular formula is C43H74O2. The van der Waals surface area contributed by atoms with Crippen LogP contribution in [0.5, 0.6) is 11.5 Å². The van der Waals surface area contributed by atoms with Crippen LogP contribution in [0, 0.1) is 5.92 Å². The molecule has 1 aliphatic heterocycles. The van der Waals surface area contributed by atoms with Crippen molar-refractivity contribution in [2.45, 2.75) is 131 Å². The molecule has 0 aliphatic carbocycles. The van der Waals surface area contributed by atoms with Gasteiger partial charge in [-0.15, -0.1) is 0 Å². The van der Waals surface area contributed by atoms with Crippen LogP contribution in [0.2, 0.25) is 0 Å². The van der Waals surface area contributed by atoms with Crippen LogP contribution >= 0.6 is 0 Å². The van der Waals surface area contributed by atoms with E-state index >= 15 is 0 Å². The molecule has 258 valence electrons. The van der Waals surface area contributed by atoms with Crippen molar-refractivity contribution < 1.29 is 9.47 Å². The highest BCUT2D eigenvalue weighted by Gasteiger charge is 2.13. The minimum atomic E-state index is 0. The Labute approximate surface area is 282 Å². The van der Waals surface area contributed by atoms with E-state index in [4.69, 9.17) is 9.47 Å². The van der Waals surface area contributed by atoms with E-state index in [1.165, 1.54) is 21.9 Å². The molecule has 0 spiro atoms. The molecule has 4 aromatic rings. The molecule has 0 radical (unpaired) electrons. The first kappa shape index (κ1) is 51.3. The number of ether oxygens (including phenoxy) is 2. The molecule has 0 saturated carbocycles. The van der Waals surface area contributed by atoms with Crippen molar-refractivity contribution in [3.05, 3.63) is 108 Å². The van der Waals surface area contributed by atoms with Gasteiger partial charge in [-0.1, -0.05) is 204 Å². The van der Waals surface area contributed by atoms with Gasteiger partial charge in [0.2, 0.25) is 6.79 Å². The van der Waals surface area contributed by atoms with Crippen LogP contribution in [0.4, 0.5) is 0 Å². The van der Waals surface area contributed by atoms with Gasteiger partial charge in [0.1, 0.15) is 0 Å². The van der Waals surface area contributed by atoms with Gasteiger partial charge in [0.15, 0.2) is 11.5 Å². The van der Waals surface area contributed by atoms with Gasteiger partial charge in [-0.25, -0.2) is 0 Å². The van der Waals surface area contributed by atoms with Crippen molar-refractivity contribution in [2.24, 2.45) is 5.92 Å². The monoisotopic (exact) mass is 623 g/mol. The second-order valence-electron chi connectivity index (χ2n) is 9.91. The number of hydrogen-bond donors (Lipinski definition) is 0. The van der Waals surface area contributed by atoms with Gasteiger partial charge >= 0.3 is 0 Å². The Morgan fingerprint density at radius 3 is 1.09 bits per heavy atom. The van der Waals surface area contributed by atoms with Gasteiger partial charge in [0.05, 0.1) is 0 Å². The Bertz CT molecular complexity index is 1050. The van der Waals surface area contributed by atoms with Crippen molar-refractivity contribution in [3.63, 3.8) is 0 Å². The minimum absolute atomic E-state index is 0. The van der Waals surface area contributed by atoms with Gasteiger partial charge in [-0.05, 0) is 51.8 Å². The van der Waals surface area contributed by atoms with E-state index in [9.17, 15) is 0 Å². The van der Waals surface area contributed by atoms with Crippen LogP contribution in [-0.4, -0.2) is 6.79 Å². The topological polar surface area (TPSA) is 18.5 Å². The minimum Gasteiger partial charge on any atom is -0.454 e. The zero-order valence-corrected chi connectivity index (χ0v) is 30.5. The van der Waals surface area contributed by atoms with Gasteiger partial charge in [-0.3, -0.25) is 0 Å². The highest BCUT2D eigenvalue weighted by molar-refractivity contribution is 5.82. The lowest BCUT2D eigenvalue weighted by atomic mass is 10.0. The quantitative estimate of drug-likeness (QED) is 0.221. The average Bonchev–Trinajstić information content (AvgIpc) is 3.54. The van der Waals surface area contributed by atoms with Crippen molar-refractivity contribution in [1.82, 2.24) is 0 Å². The second kappa shape index (κ2) is 35.2. The summed E-state index contributed by atoms with van der Waals surface area (Å²) in [5.41, 5.74) is 2.71. The molecule has 0 fully saturated rings. The molecule has 1 aliphatic rings. The smallest absolute Gasteiger partial charge is 0.231 e. The fraction of sp³-hybridized carbons (Fsp3) is 0.488. The summed E-state index contributed by atoms with van der Waals surface area (Å²) in [5.74, 6) is 3.77. The molecule has 0 unspecified atom stereocenters. The van der Waals surface area contributed by atoms with Gasteiger partial charge < -0.3 is 9.47 Å². The molecule has 1 heterocycles. The van der Waals surface area contributed by atoms with Crippen molar-refractivity contribution in [1.29, 1.82) is 0 Å². The number of fused-ring (bicyclic) bond motifs is 2. The van der Waals surface area contributed by atoms with Crippen molar-refractivity contribution in [2.75, 3.05) is 6.79 Å². The maximum Gasteiger partial charge on any atom is 0.231 e. The molecule has 5 rings (SSSR count). The summed E-state index contributed by atoms with van der Waals surface area (Å²) >= 11 is 0. The first-order valence-corrected chi connectivity index (χ1v) is 16.7. The molecule has 0 aromatic heterocycles. The summed E-state index contributed by atoms with van der Waals surface area (Å²) in [5, 5.41) is 2.62. The zero-order valence-electron chi connectivity index (χ0n) is 30.5. The molecule has 45 heavy (non-hydrogen) atoms. The van der Waals surface area contributed by atoms with E-state index < -0.39 is 0 Å². The Kier molecular flexibility index (Phi) is 40.2. The Morgan fingerprint density at radius 1 is 0.422 bits per heavy atom. The maximum atomic E-state index is 5.27. The predicted octanol–water partition coefficient (Wildman–Crippen LogP) is 15.2. The van der Waals surface area contributed by atoms with Crippen molar-refractivity contribution >= 4 is 10.8 Å². The van der Waals surface area contributed by atoms with Crippen LogP contribution in [-0.2, 0) is 0 Å². The predicted molar refractivity (Wildman–Crippen MR) is 210 cm³/mol.